The smallest absolute Gasteiger partial charge is 0.309 e. The quantitative estimate of drug-likeness (QED) is 0.401. The lowest BCUT2D eigenvalue weighted by Crippen LogP contribution is -2.24. The van der Waals surface area contributed by atoms with Gasteiger partial charge in [-0.15, -0.1) is 0 Å². The van der Waals surface area contributed by atoms with Gasteiger partial charge in [0, 0.05) is 17.0 Å². The van der Waals surface area contributed by atoms with Crippen molar-refractivity contribution in [2.45, 2.75) is 59.8 Å². The van der Waals surface area contributed by atoms with E-state index in [1.54, 1.807) is 25.1 Å². The minimum absolute atomic E-state index is 0.120. The lowest BCUT2D eigenvalue weighted by atomic mass is 9.80. The van der Waals surface area contributed by atoms with Crippen LogP contribution in [0.15, 0.2) is 18.2 Å². The molecule has 0 saturated heterocycles. The molecule has 1 aromatic rings. The average Bonchev–Trinajstić information content (AvgIpc) is 2.55. The Morgan fingerprint density at radius 1 is 1.30 bits per heavy atom. The number of esters is 1. The molecule has 0 amide bonds. The van der Waals surface area contributed by atoms with E-state index in [2.05, 4.69) is 0 Å². The van der Waals surface area contributed by atoms with Crippen molar-refractivity contribution in [2.24, 2.45) is 5.92 Å². The Labute approximate surface area is 139 Å². The molecule has 2 atom stereocenters. The second kappa shape index (κ2) is 10.8. The van der Waals surface area contributed by atoms with Crippen LogP contribution in [0.25, 0.3) is 0 Å². The number of para-hydroxylation sites is 1. The molecule has 0 aliphatic heterocycles. The normalized spacial score (nSPS) is 12.6. The largest absolute Gasteiger partial charge is 0.469 e. The summed E-state index contributed by atoms with van der Waals surface area (Å²) in [6.45, 7) is 9.66. The maximum Gasteiger partial charge on any atom is 0.309 e. The van der Waals surface area contributed by atoms with Crippen molar-refractivity contribution < 1.29 is 14.5 Å². The van der Waals surface area contributed by atoms with Gasteiger partial charge in [0.1, 0.15) is 0 Å². The van der Waals surface area contributed by atoms with Crippen LogP contribution in [0.5, 0.6) is 0 Å². The van der Waals surface area contributed by atoms with Crippen LogP contribution >= 0.6 is 0 Å². The molecule has 130 valence electrons. The van der Waals surface area contributed by atoms with Gasteiger partial charge in [-0.1, -0.05) is 52.3 Å². The van der Waals surface area contributed by atoms with E-state index >= 15 is 0 Å². The number of carbonyl (C=O) groups excluding carboxylic acids is 1. The number of hydrogen-bond donors (Lipinski definition) is 0. The first-order valence-corrected chi connectivity index (χ1v) is 8.29. The van der Waals surface area contributed by atoms with E-state index in [1.807, 2.05) is 27.7 Å². The topological polar surface area (TPSA) is 69.4 Å². The van der Waals surface area contributed by atoms with Crippen molar-refractivity contribution in [1.82, 2.24) is 0 Å². The third-order valence-electron chi connectivity index (χ3n) is 3.88. The lowest BCUT2D eigenvalue weighted by molar-refractivity contribution is -0.386. The second-order valence-electron chi connectivity index (χ2n) is 5.20. The van der Waals surface area contributed by atoms with Crippen molar-refractivity contribution in [3.8, 4) is 0 Å². The fourth-order valence-corrected chi connectivity index (χ4v) is 2.90. The predicted molar refractivity (Wildman–Crippen MR) is 92.6 cm³/mol. The molecule has 5 heteroatoms. The molecule has 5 nitrogen and oxygen atoms in total. The Hall–Kier alpha value is -1.91. The number of nitro benzene ring substituents is 1. The van der Waals surface area contributed by atoms with Gasteiger partial charge in [0.05, 0.1) is 18.0 Å². The molecule has 1 rings (SSSR count). The maximum absolute atomic E-state index is 12.0. The Kier molecular flexibility index (Phi) is 9.86. The number of carbonyl (C=O) groups is 1. The van der Waals surface area contributed by atoms with Crippen LogP contribution in [0.2, 0.25) is 0 Å². The number of benzene rings is 1. The Balaban J connectivity index is 0.00000232. The molecule has 0 bridgehead atoms. The monoisotopic (exact) mass is 323 g/mol. The van der Waals surface area contributed by atoms with Gasteiger partial charge in [-0.25, -0.2) is 0 Å². The molecule has 0 aliphatic rings. The maximum atomic E-state index is 12.0. The Morgan fingerprint density at radius 3 is 2.35 bits per heavy atom. The van der Waals surface area contributed by atoms with Crippen molar-refractivity contribution in [2.75, 3.05) is 7.11 Å². The highest BCUT2D eigenvalue weighted by Crippen LogP contribution is 2.38. The SMILES string of the molecule is CC.CCCC(C(=O)OC)C(CC)c1cccc(C)c1[N+](=O)[O-]. The molecule has 0 heterocycles. The first-order chi connectivity index (χ1) is 11.0. The molecule has 0 fully saturated rings. The van der Waals surface area contributed by atoms with Crippen molar-refractivity contribution in [3.63, 3.8) is 0 Å². The van der Waals surface area contributed by atoms with Gasteiger partial charge in [-0.2, -0.15) is 0 Å². The van der Waals surface area contributed by atoms with E-state index in [0.717, 1.165) is 6.42 Å². The summed E-state index contributed by atoms with van der Waals surface area (Å²) in [5.41, 5.74) is 1.37. The number of hydrogen-bond acceptors (Lipinski definition) is 4. The van der Waals surface area contributed by atoms with Crippen molar-refractivity contribution in [3.05, 3.63) is 39.4 Å². The van der Waals surface area contributed by atoms with Crippen LogP contribution in [0, 0.1) is 23.0 Å². The van der Waals surface area contributed by atoms with Crippen LogP contribution in [0.1, 0.15) is 64.0 Å². The van der Waals surface area contributed by atoms with Gasteiger partial charge < -0.3 is 4.74 Å². The van der Waals surface area contributed by atoms with E-state index in [0.29, 0.717) is 24.0 Å². The second-order valence-corrected chi connectivity index (χ2v) is 5.20. The molecule has 0 radical (unpaired) electrons. The standard InChI is InChI=1S/C16H23NO4.C2H6/c1-5-8-14(16(18)21-4)12(6-2)13-10-7-9-11(3)15(13)17(19)20;1-2/h7,9-10,12,14H,5-6,8H2,1-4H3;1-2H3. The molecule has 0 aliphatic carbocycles. The summed E-state index contributed by atoms with van der Waals surface area (Å²) < 4.78 is 4.89. The summed E-state index contributed by atoms with van der Waals surface area (Å²) in [7, 11) is 1.36. The average molecular weight is 323 g/mol. The molecule has 23 heavy (non-hydrogen) atoms. The van der Waals surface area contributed by atoms with E-state index in [1.165, 1.54) is 7.11 Å². The number of rotatable bonds is 7. The zero-order chi connectivity index (χ0) is 18.0. The summed E-state index contributed by atoms with van der Waals surface area (Å²) in [5, 5.41) is 11.4. The number of ether oxygens (including phenoxy) is 1. The Morgan fingerprint density at radius 2 is 1.91 bits per heavy atom. The van der Waals surface area contributed by atoms with Crippen LogP contribution < -0.4 is 0 Å². The predicted octanol–water partition coefficient (Wildman–Crippen LogP) is 5.01. The van der Waals surface area contributed by atoms with Gasteiger partial charge in [-0.3, -0.25) is 14.9 Å². The molecular weight excluding hydrogens is 294 g/mol. The lowest BCUT2D eigenvalue weighted by Gasteiger charge is -2.24. The van der Waals surface area contributed by atoms with Crippen LogP contribution in [0.4, 0.5) is 5.69 Å². The number of nitro groups is 1. The third kappa shape index (κ3) is 5.34. The molecular formula is C18H29NO4. The summed E-state index contributed by atoms with van der Waals surface area (Å²) in [5.74, 6) is -0.831. The zero-order valence-corrected chi connectivity index (χ0v) is 15.1. The number of methoxy groups -OCH3 is 1. The highest BCUT2D eigenvalue weighted by molar-refractivity contribution is 5.74. The van der Waals surface area contributed by atoms with E-state index in [4.69, 9.17) is 4.74 Å². The third-order valence-corrected chi connectivity index (χ3v) is 3.88. The van der Waals surface area contributed by atoms with Crippen LogP contribution in [-0.4, -0.2) is 18.0 Å². The van der Waals surface area contributed by atoms with Crippen LogP contribution in [-0.2, 0) is 9.53 Å². The van der Waals surface area contributed by atoms with Crippen molar-refractivity contribution >= 4 is 11.7 Å². The number of nitrogens with zero attached hydrogens (tertiary/aromatic N) is 1. The highest BCUT2D eigenvalue weighted by atomic mass is 16.6. The summed E-state index contributed by atoms with van der Waals surface area (Å²) >= 11 is 0. The Bertz CT molecular complexity index is 514. The van der Waals surface area contributed by atoms with Gasteiger partial charge in [-0.05, 0) is 19.8 Å². The summed E-state index contributed by atoms with van der Waals surface area (Å²) in [6, 6.07) is 5.28. The minimum Gasteiger partial charge on any atom is -0.469 e. The molecule has 1 aromatic carbocycles. The first-order valence-electron chi connectivity index (χ1n) is 8.29. The molecule has 0 spiro atoms. The zero-order valence-electron chi connectivity index (χ0n) is 15.1. The molecule has 0 N–H and O–H groups in total. The van der Waals surface area contributed by atoms with E-state index < -0.39 is 0 Å². The fraction of sp³-hybridized carbons (Fsp3) is 0.611. The van der Waals surface area contributed by atoms with E-state index in [9.17, 15) is 14.9 Å². The van der Waals surface area contributed by atoms with Crippen molar-refractivity contribution in [1.29, 1.82) is 0 Å². The molecule has 0 aromatic heterocycles. The van der Waals surface area contributed by atoms with Gasteiger partial charge >= 0.3 is 5.97 Å². The summed E-state index contributed by atoms with van der Waals surface area (Å²) in [4.78, 5) is 23.1. The summed E-state index contributed by atoms with van der Waals surface area (Å²) in [6.07, 6.45) is 2.15. The van der Waals surface area contributed by atoms with E-state index in [-0.39, 0.29) is 28.4 Å². The van der Waals surface area contributed by atoms with Gasteiger partial charge in [0.2, 0.25) is 0 Å². The fourth-order valence-electron chi connectivity index (χ4n) is 2.90. The first kappa shape index (κ1) is 21.1. The minimum atomic E-state index is -0.354. The van der Waals surface area contributed by atoms with Gasteiger partial charge in [0.25, 0.3) is 5.69 Å². The van der Waals surface area contributed by atoms with Gasteiger partial charge in [0.15, 0.2) is 0 Å². The highest BCUT2D eigenvalue weighted by Gasteiger charge is 2.33. The molecule has 2 unspecified atom stereocenters. The van der Waals surface area contributed by atoms with Crippen LogP contribution in [0.3, 0.4) is 0 Å². The number of aryl methyl sites for hydroxylation is 1. The molecule has 0 saturated carbocycles.